The van der Waals surface area contributed by atoms with Crippen molar-refractivity contribution in [3.63, 3.8) is 0 Å². The van der Waals surface area contributed by atoms with Gasteiger partial charge < -0.3 is 16.0 Å². The van der Waals surface area contributed by atoms with Crippen LogP contribution in [0.2, 0.25) is 0 Å². The average Bonchev–Trinajstić information content (AvgIpc) is 2.16. The van der Waals surface area contributed by atoms with Crippen molar-refractivity contribution in [2.24, 2.45) is 5.41 Å². The summed E-state index contributed by atoms with van der Waals surface area (Å²) in [6.07, 6.45) is 0. The minimum atomic E-state index is -0.570. The molecule has 0 aromatic carbocycles. The summed E-state index contributed by atoms with van der Waals surface area (Å²) >= 11 is 0. The molecule has 0 rings (SSSR count). The van der Waals surface area contributed by atoms with E-state index in [0.717, 1.165) is 0 Å². The van der Waals surface area contributed by atoms with Gasteiger partial charge in [-0.3, -0.25) is 9.59 Å². The van der Waals surface area contributed by atoms with Gasteiger partial charge in [-0.2, -0.15) is 0 Å². The summed E-state index contributed by atoms with van der Waals surface area (Å²) in [5, 5.41) is 8.18. The van der Waals surface area contributed by atoms with Crippen molar-refractivity contribution in [1.29, 1.82) is 0 Å². The van der Waals surface area contributed by atoms with E-state index in [2.05, 4.69) is 16.0 Å². The minimum absolute atomic E-state index is 0. The number of halogens is 1. The topological polar surface area (TPSA) is 70.2 Å². The van der Waals surface area contributed by atoms with Crippen LogP contribution in [0, 0.1) is 5.41 Å². The maximum atomic E-state index is 11.6. The molecule has 0 unspecified atom stereocenters. The molecule has 0 saturated heterocycles. The second kappa shape index (κ2) is 8.35. The van der Waals surface area contributed by atoms with Gasteiger partial charge in [0.15, 0.2) is 0 Å². The lowest BCUT2D eigenvalue weighted by Gasteiger charge is -2.23. The Balaban J connectivity index is 0. The zero-order valence-electron chi connectivity index (χ0n) is 10.3. The second-order valence-electron chi connectivity index (χ2n) is 4.05. The molecule has 0 aliphatic rings. The molecule has 16 heavy (non-hydrogen) atoms. The third kappa shape index (κ3) is 6.63. The summed E-state index contributed by atoms with van der Waals surface area (Å²) < 4.78 is 0. The fraction of sp³-hybridized carbons (Fsp3) is 0.800. The van der Waals surface area contributed by atoms with Crippen LogP contribution < -0.4 is 16.0 Å². The van der Waals surface area contributed by atoms with Crippen molar-refractivity contribution in [3.05, 3.63) is 0 Å². The normalized spacial score (nSPS) is 10.2. The van der Waals surface area contributed by atoms with Crippen molar-refractivity contribution in [3.8, 4) is 0 Å². The third-order valence-electron chi connectivity index (χ3n) is 2.02. The van der Waals surface area contributed by atoms with Crippen LogP contribution in [-0.2, 0) is 9.59 Å². The first kappa shape index (κ1) is 17.6. The third-order valence-corrected chi connectivity index (χ3v) is 2.02. The van der Waals surface area contributed by atoms with Gasteiger partial charge in [-0.15, -0.1) is 12.4 Å². The number of hydrogen-bond donors (Lipinski definition) is 3. The zero-order chi connectivity index (χ0) is 11.9. The van der Waals surface area contributed by atoms with E-state index in [1.54, 1.807) is 20.9 Å². The first-order valence-corrected chi connectivity index (χ1v) is 5.13. The highest BCUT2D eigenvalue weighted by molar-refractivity contribution is 5.85. The van der Waals surface area contributed by atoms with Crippen LogP contribution in [0.15, 0.2) is 0 Å². The lowest BCUT2D eigenvalue weighted by Crippen LogP contribution is -2.46. The standard InChI is InChI=1S/C10H21N3O2.ClH/c1-5-12-9(15)10(2,3)7-13-8(14)6-11-4;/h11H,5-7H2,1-4H3,(H,12,15)(H,13,14);1H. The molecule has 0 bridgehead atoms. The average molecular weight is 252 g/mol. The van der Waals surface area contributed by atoms with E-state index in [4.69, 9.17) is 0 Å². The van der Waals surface area contributed by atoms with Crippen molar-refractivity contribution in [2.75, 3.05) is 26.7 Å². The molecule has 6 heteroatoms. The predicted octanol–water partition coefficient (Wildman–Crippen LogP) is -0.0939. The van der Waals surface area contributed by atoms with Gasteiger partial charge in [0.05, 0.1) is 12.0 Å². The van der Waals surface area contributed by atoms with E-state index in [-0.39, 0.29) is 30.8 Å². The van der Waals surface area contributed by atoms with Crippen molar-refractivity contribution >= 4 is 24.2 Å². The van der Waals surface area contributed by atoms with Crippen LogP contribution in [0.25, 0.3) is 0 Å². The molecule has 0 spiro atoms. The van der Waals surface area contributed by atoms with Crippen molar-refractivity contribution in [2.45, 2.75) is 20.8 Å². The lowest BCUT2D eigenvalue weighted by molar-refractivity contribution is -0.129. The molecule has 0 heterocycles. The van der Waals surface area contributed by atoms with Crippen molar-refractivity contribution in [1.82, 2.24) is 16.0 Å². The highest BCUT2D eigenvalue weighted by Crippen LogP contribution is 2.13. The van der Waals surface area contributed by atoms with Crippen LogP contribution in [0.4, 0.5) is 0 Å². The van der Waals surface area contributed by atoms with Crippen LogP contribution in [0.1, 0.15) is 20.8 Å². The molecule has 0 atom stereocenters. The number of amides is 2. The summed E-state index contributed by atoms with van der Waals surface area (Å²) in [5.41, 5.74) is -0.570. The van der Waals surface area contributed by atoms with E-state index >= 15 is 0 Å². The van der Waals surface area contributed by atoms with E-state index in [1.165, 1.54) is 0 Å². The molecule has 0 fully saturated rings. The Morgan fingerprint density at radius 1 is 1.19 bits per heavy atom. The fourth-order valence-corrected chi connectivity index (χ4v) is 1.02. The highest BCUT2D eigenvalue weighted by Gasteiger charge is 2.27. The molecule has 0 aromatic heterocycles. The summed E-state index contributed by atoms with van der Waals surface area (Å²) in [5.74, 6) is -0.148. The molecule has 0 saturated carbocycles. The Kier molecular flexibility index (Phi) is 9.18. The molecular formula is C10H22ClN3O2. The molecular weight excluding hydrogens is 230 g/mol. The molecule has 96 valence electrons. The van der Waals surface area contributed by atoms with E-state index in [9.17, 15) is 9.59 Å². The molecule has 2 amide bonds. The molecule has 0 aliphatic heterocycles. The number of rotatable bonds is 6. The minimum Gasteiger partial charge on any atom is -0.356 e. The molecule has 0 radical (unpaired) electrons. The molecule has 5 nitrogen and oxygen atoms in total. The van der Waals surface area contributed by atoms with Crippen LogP contribution in [0.3, 0.4) is 0 Å². The highest BCUT2D eigenvalue weighted by atomic mass is 35.5. The second-order valence-corrected chi connectivity index (χ2v) is 4.05. The van der Waals surface area contributed by atoms with Gasteiger partial charge in [0.2, 0.25) is 11.8 Å². The smallest absolute Gasteiger partial charge is 0.233 e. The predicted molar refractivity (Wildman–Crippen MR) is 66.6 cm³/mol. The summed E-state index contributed by atoms with van der Waals surface area (Å²) in [6.45, 7) is 6.69. The molecule has 0 aromatic rings. The van der Waals surface area contributed by atoms with E-state index < -0.39 is 5.41 Å². The van der Waals surface area contributed by atoms with Crippen LogP contribution in [0.5, 0.6) is 0 Å². The van der Waals surface area contributed by atoms with Gasteiger partial charge in [-0.1, -0.05) is 0 Å². The number of hydrogen-bond acceptors (Lipinski definition) is 3. The number of nitrogens with one attached hydrogen (secondary N) is 3. The van der Waals surface area contributed by atoms with Gasteiger partial charge in [0.25, 0.3) is 0 Å². The quantitative estimate of drug-likeness (QED) is 0.618. The Labute approximate surface area is 103 Å². The van der Waals surface area contributed by atoms with Crippen LogP contribution >= 0.6 is 12.4 Å². The fourth-order valence-electron chi connectivity index (χ4n) is 1.02. The SMILES string of the molecule is CCNC(=O)C(C)(C)CNC(=O)CNC.Cl. The van der Waals surface area contributed by atoms with E-state index in [1.807, 2.05) is 6.92 Å². The zero-order valence-corrected chi connectivity index (χ0v) is 11.2. The lowest BCUT2D eigenvalue weighted by atomic mass is 9.92. The Hall–Kier alpha value is -0.810. The maximum Gasteiger partial charge on any atom is 0.233 e. The van der Waals surface area contributed by atoms with Gasteiger partial charge in [-0.25, -0.2) is 0 Å². The van der Waals surface area contributed by atoms with Crippen molar-refractivity contribution < 1.29 is 9.59 Å². The van der Waals surface area contributed by atoms with Gasteiger partial charge in [-0.05, 0) is 27.8 Å². The van der Waals surface area contributed by atoms with Gasteiger partial charge in [0, 0.05) is 13.1 Å². The first-order valence-electron chi connectivity index (χ1n) is 5.13. The largest absolute Gasteiger partial charge is 0.356 e. The van der Waals surface area contributed by atoms with Gasteiger partial charge >= 0.3 is 0 Å². The summed E-state index contributed by atoms with van der Waals surface area (Å²) in [4.78, 5) is 22.7. The maximum absolute atomic E-state index is 11.6. The number of likely N-dealkylation sites (N-methyl/N-ethyl adjacent to an activating group) is 1. The molecule has 0 aliphatic carbocycles. The summed E-state index contributed by atoms with van der Waals surface area (Å²) in [6, 6.07) is 0. The summed E-state index contributed by atoms with van der Waals surface area (Å²) in [7, 11) is 1.70. The first-order chi connectivity index (χ1) is 6.94. The Morgan fingerprint density at radius 2 is 1.75 bits per heavy atom. The molecule has 3 N–H and O–H groups in total. The van der Waals surface area contributed by atoms with Gasteiger partial charge in [0.1, 0.15) is 0 Å². The Bertz CT molecular complexity index is 232. The van der Waals surface area contributed by atoms with E-state index in [0.29, 0.717) is 13.1 Å². The Morgan fingerprint density at radius 3 is 2.19 bits per heavy atom. The number of carbonyl (C=O) groups excluding carboxylic acids is 2. The number of carbonyl (C=O) groups is 2. The van der Waals surface area contributed by atoms with Crippen LogP contribution in [-0.4, -0.2) is 38.5 Å². The monoisotopic (exact) mass is 251 g/mol.